The molecule has 1 rings (SSSR count). The van der Waals surface area contributed by atoms with Gasteiger partial charge in [-0.3, -0.25) is 20.4 Å². The third-order valence-corrected chi connectivity index (χ3v) is 2.62. The van der Waals surface area contributed by atoms with E-state index in [2.05, 4.69) is 26.8 Å². The van der Waals surface area contributed by atoms with Crippen LogP contribution in [0.3, 0.4) is 0 Å². The predicted octanol–water partition coefficient (Wildman–Crippen LogP) is 1.24. The minimum absolute atomic E-state index is 0.129. The number of hydrogen-bond acceptors (Lipinski definition) is 3. The molecular formula is C12H11BrN2O4. The molecule has 19 heavy (non-hydrogen) atoms. The lowest BCUT2D eigenvalue weighted by atomic mass is 10.2. The van der Waals surface area contributed by atoms with E-state index in [9.17, 15) is 14.4 Å². The van der Waals surface area contributed by atoms with Gasteiger partial charge in [0.25, 0.3) is 11.8 Å². The molecule has 0 heterocycles. The molecule has 0 aliphatic heterocycles. The van der Waals surface area contributed by atoms with Crippen LogP contribution in [0, 0.1) is 0 Å². The number of rotatable bonds is 3. The van der Waals surface area contributed by atoms with E-state index in [1.165, 1.54) is 6.92 Å². The minimum Gasteiger partial charge on any atom is -0.478 e. The Bertz CT molecular complexity index is 537. The summed E-state index contributed by atoms with van der Waals surface area (Å²) in [5.74, 6) is -2.41. The highest BCUT2D eigenvalue weighted by atomic mass is 79.9. The summed E-state index contributed by atoms with van der Waals surface area (Å²) in [4.78, 5) is 33.4. The van der Waals surface area contributed by atoms with E-state index in [4.69, 9.17) is 5.11 Å². The monoisotopic (exact) mass is 326 g/mol. The number of carbonyl (C=O) groups excluding carboxylic acids is 2. The Morgan fingerprint density at radius 1 is 1.16 bits per heavy atom. The van der Waals surface area contributed by atoms with Gasteiger partial charge < -0.3 is 5.11 Å². The number of carbonyl (C=O) groups is 3. The quantitative estimate of drug-likeness (QED) is 0.575. The number of hydrazine groups is 1. The Hall–Kier alpha value is -2.15. The third kappa shape index (κ3) is 4.92. The molecule has 0 aliphatic rings. The molecule has 1 aromatic carbocycles. The van der Waals surface area contributed by atoms with Crippen molar-refractivity contribution in [2.24, 2.45) is 0 Å². The van der Waals surface area contributed by atoms with Gasteiger partial charge in [-0.25, -0.2) is 4.79 Å². The molecule has 7 heteroatoms. The van der Waals surface area contributed by atoms with Gasteiger partial charge in [-0.1, -0.05) is 15.9 Å². The molecule has 1 aromatic rings. The van der Waals surface area contributed by atoms with Crippen molar-refractivity contribution in [3.63, 3.8) is 0 Å². The first-order valence-corrected chi connectivity index (χ1v) is 5.97. The van der Waals surface area contributed by atoms with Crippen LogP contribution in [0.15, 0.2) is 40.4 Å². The summed E-state index contributed by atoms with van der Waals surface area (Å²) in [6, 6.07) is 6.52. The topological polar surface area (TPSA) is 95.5 Å². The maximum absolute atomic E-state index is 11.6. The zero-order valence-electron chi connectivity index (χ0n) is 9.94. The molecule has 0 saturated heterocycles. The molecule has 0 radical (unpaired) electrons. The van der Waals surface area contributed by atoms with Gasteiger partial charge in [-0.2, -0.15) is 0 Å². The Labute approximate surface area is 117 Å². The molecule has 0 spiro atoms. The lowest BCUT2D eigenvalue weighted by molar-refractivity contribution is -0.133. The Morgan fingerprint density at radius 2 is 1.74 bits per heavy atom. The fourth-order valence-electron chi connectivity index (χ4n) is 1.09. The van der Waals surface area contributed by atoms with Gasteiger partial charge in [0.1, 0.15) is 0 Å². The largest absolute Gasteiger partial charge is 0.478 e. The number of aliphatic carboxylic acids is 1. The Morgan fingerprint density at radius 3 is 2.26 bits per heavy atom. The van der Waals surface area contributed by atoms with Crippen molar-refractivity contribution in [1.29, 1.82) is 0 Å². The number of halogens is 1. The van der Waals surface area contributed by atoms with E-state index in [1.807, 2.05) is 0 Å². The predicted molar refractivity (Wildman–Crippen MR) is 71.1 cm³/mol. The molecule has 3 N–H and O–H groups in total. The summed E-state index contributed by atoms with van der Waals surface area (Å²) in [7, 11) is 0. The molecule has 6 nitrogen and oxygen atoms in total. The summed E-state index contributed by atoms with van der Waals surface area (Å²) in [6.45, 7) is 1.28. The zero-order chi connectivity index (χ0) is 14.4. The number of carboxylic acids is 1. The van der Waals surface area contributed by atoms with E-state index in [0.29, 0.717) is 5.56 Å². The first-order chi connectivity index (χ1) is 8.90. The van der Waals surface area contributed by atoms with E-state index < -0.39 is 17.8 Å². The molecule has 0 fully saturated rings. The minimum atomic E-state index is -1.20. The van der Waals surface area contributed by atoms with Crippen molar-refractivity contribution >= 4 is 33.7 Å². The van der Waals surface area contributed by atoms with Gasteiger partial charge in [0, 0.05) is 21.7 Å². The normalized spacial score (nSPS) is 10.7. The van der Waals surface area contributed by atoms with Crippen molar-refractivity contribution in [3.05, 3.63) is 46.0 Å². The number of nitrogens with one attached hydrogen (secondary N) is 2. The maximum atomic E-state index is 11.6. The average Bonchev–Trinajstić information content (AvgIpc) is 2.36. The second-order valence-corrected chi connectivity index (χ2v) is 4.50. The Balaban J connectivity index is 2.55. The first-order valence-electron chi connectivity index (χ1n) is 5.17. The van der Waals surface area contributed by atoms with E-state index in [-0.39, 0.29) is 5.57 Å². The molecule has 0 aliphatic carbocycles. The number of hydrogen-bond donors (Lipinski definition) is 3. The van der Waals surface area contributed by atoms with Crippen LogP contribution >= 0.6 is 15.9 Å². The summed E-state index contributed by atoms with van der Waals surface area (Å²) in [5, 5.41) is 8.57. The van der Waals surface area contributed by atoms with Crippen LogP contribution in [0.2, 0.25) is 0 Å². The number of benzene rings is 1. The molecule has 0 atom stereocenters. The second kappa shape index (κ2) is 6.69. The van der Waals surface area contributed by atoms with Crippen molar-refractivity contribution in [3.8, 4) is 0 Å². The second-order valence-electron chi connectivity index (χ2n) is 3.58. The van der Waals surface area contributed by atoms with Crippen LogP contribution in [0.4, 0.5) is 0 Å². The van der Waals surface area contributed by atoms with Gasteiger partial charge in [0.05, 0.1) is 0 Å². The average molecular weight is 327 g/mol. The van der Waals surface area contributed by atoms with Crippen LogP contribution in [0.1, 0.15) is 17.3 Å². The van der Waals surface area contributed by atoms with Crippen molar-refractivity contribution < 1.29 is 19.5 Å². The number of carboxylic acid groups (broad SMARTS) is 1. The summed E-state index contributed by atoms with van der Waals surface area (Å²) in [6.07, 6.45) is 0.879. The van der Waals surface area contributed by atoms with Crippen LogP contribution < -0.4 is 10.9 Å². The lowest BCUT2D eigenvalue weighted by Gasteiger charge is -2.05. The highest BCUT2D eigenvalue weighted by Crippen LogP contribution is 2.10. The zero-order valence-corrected chi connectivity index (χ0v) is 11.5. The van der Waals surface area contributed by atoms with Gasteiger partial charge in [0.2, 0.25) is 0 Å². The smallest absolute Gasteiger partial charge is 0.331 e. The lowest BCUT2D eigenvalue weighted by Crippen LogP contribution is -2.41. The Kier molecular flexibility index (Phi) is 5.25. The highest BCUT2D eigenvalue weighted by Gasteiger charge is 2.07. The molecule has 100 valence electrons. The standard InChI is InChI=1S/C12H11BrN2O4/c1-7(12(18)19)6-10(16)14-15-11(17)8-2-4-9(13)5-3-8/h2-6H,1H3,(H,14,16)(H,15,17)(H,18,19)/b7-6-. The summed E-state index contributed by atoms with van der Waals surface area (Å²) in [5.41, 5.74) is 4.50. The van der Waals surface area contributed by atoms with Crippen LogP contribution in [-0.2, 0) is 9.59 Å². The first kappa shape index (κ1) is 14.9. The summed E-state index contributed by atoms with van der Waals surface area (Å²) < 4.78 is 0.827. The van der Waals surface area contributed by atoms with Crippen LogP contribution in [0.25, 0.3) is 0 Å². The molecule has 0 bridgehead atoms. The van der Waals surface area contributed by atoms with Crippen molar-refractivity contribution in [1.82, 2.24) is 10.9 Å². The van der Waals surface area contributed by atoms with Crippen LogP contribution in [-0.4, -0.2) is 22.9 Å². The maximum Gasteiger partial charge on any atom is 0.331 e. The summed E-state index contributed by atoms with van der Waals surface area (Å²) >= 11 is 3.23. The van der Waals surface area contributed by atoms with Gasteiger partial charge in [-0.05, 0) is 31.2 Å². The van der Waals surface area contributed by atoms with Crippen molar-refractivity contribution in [2.75, 3.05) is 0 Å². The van der Waals surface area contributed by atoms with Gasteiger partial charge in [-0.15, -0.1) is 0 Å². The molecule has 2 amide bonds. The fourth-order valence-corrected chi connectivity index (χ4v) is 1.35. The fraction of sp³-hybridized carbons (Fsp3) is 0.0833. The molecular weight excluding hydrogens is 316 g/mol. The molecule has 0 saturated carbocycles. The van der Waals surface area contributed by atoms with Crippen LogP contribution in [0.5, 0.6) is 0 Å². The molecule has 0 unspecified atom stereocenters. The molecule has 0 aromatic heterocycles. The highest BCUT2D eigenvalue weighted by molar-refractivity contribution is 9.10. The van der Waals surface area contributed by atoms with Gasteiger partial charge in [0.15, 0.2) is 0 Å². The van der Waals surface area contributed by atoms with E-state index in [0.717, 1.165) is 10.5 Å². The van der Waals surface area contributed by atoms with Gasteiger partial charge >= 0.3 is 5.97 Å². The SMILES string of the molecule is C/C(=C/C(=O)NNC(=O)c1ccc(Br)cc1)C(=O)O. The van der Waals surface area contributed by atoms with E-state index in [1.54, 1.807) is 24.3 Å². The number of amides is 2. The van der Waals surface area contributed by atoms with E-state index >= 15 is 0 Å². The van der Waals surface area contributed by atoms with Crippen molar-refractivity contribution in [2.45, 2.75) is 6.92 Å². The third-order valence-electron chi connectivity index (χ3n) is 2.09.